The molecule has 0 amide bonds. The molecule has 1 heterocycles. The minimum Gasteiger partial charge on any atom is -0.469 e. The molecule has 8 heteroatoms. The largest absolute Gasteiger partial charge is 0.469 e. The number of nitrogens with zero attached hydrogens (tertiary/aromatic N) is 1. The van der Waals surface area contributed by atoms with Crippen LogP contribution in [0, 0.1) is 0 Å². The summed E-state index contributed by atoms with van der Waals surface area (Å²) < 4.78 is 44.2. The minimum atomic E-state index is -4.34. The maximum absolute atomic E-state index is 11.8. The van der Waals surface area contributed by atoms with E-state index in [9.17, 15) is 18.0 Å². The first kappa shape index (κ1) is 13.9. The summed E-state index contributed by atoms with van der Waals surface area (Å²) in [7, 11) is 1.25. The molecule has 0 N–H and O–H groups in total. The number of hydrogen-bond acceptors (Lipinski definition) is 5. The molecule has 0 fully saturated rings. The Kier molecular flexibility index (Phi) is 4.88. The molecule has 0 bridgehead atoms. The van der Waals surface area contributed by atoms with Crippen molar-refractivity contribution in [2.45, 2.75) is 19.2 Å². The van der Waals surface area contributed by atoms with Gasteiger partial charge >= 0.3 is 12.1 Å². The van der Waals surface area contributed by atoms with Gasteiger partial charge in [0, 0.05) is 5.38 Å². The molecule has 1 rings (SSSR count). The second-order valence-corrected chi connectivity index (χ2v) is 4.04. The summed E-state index contributed by atoms with van der Waals surface area (Å²) in [4.78, 5) is 14.8. The third-order valence-electron chi connectivity index (χ3n) is 1.64. The summed E-state index contributed by atoms with van der Waals surface area (Å²) in [6.45, 7) is -1.52. The van der Waals surface area contributed by atoms with Crippen molar-refractivity contribution in [1.82, 2.24) is 4.98 Å². The second-order valence-electron chi connectivity index (χ2n) is 3.09. The van der Waals surface area contributed by atoms with Crippen LogP contribution in [-0.4, -0.2) is 30.8 Å². The third-order valence-corrected chi connectivity index (χ3v) is 2.51. The molecular weight excluding hydrogens is 259 g/mol. The lowest BCUT2D eigenvalue weighted by molar-refractivity contribution is -0.176. The highest BCUT2D eigenvalue weighted by atomic mass is 32.1. The molecule has 0 unspecified atom stereocenters. The Morgan fingerprint density at radius 2 is 2.24 bits per heavy atom. The van der Waals surface area contributed by atoms with E-state index in [0.717, 1.165) is 11.3 Å². The second kappa shape index (κ2) is 5.97. The van der Waals surface area contributed by atoms with Crippen molar-refractivity contribution in [2.75, 3.05) is 13.7 Å². The van der Waals surface area contributed by atoms with E-state index in [1.165, 1.54) is 7.11 Å². The zero-order valence-electron chi connectivity index (χ0n) is 8.91. The normalized spacial score (nSPS) is 11.5. The van der Waals surface area contributed by atoms with Gasteiger partial charge in [-0.05, 0) is 0 Å². The molecule has 17 heavy (non-hydrogen) atoms. The number of halogens is 3. The Morgan fingerprint density at radius 3 is 2.82 bits per heavy atom. The van der Waals surface area contributed by atoms with Crippen molar-refractivity contribution >= 4 is 17.3 Å². The van der Waals surface area contributed by atoms with Gasteiger partial charge in [-0.15, -0.1) is 11.3 Å². The predicted molar refractivity (Wildman–Crippen MR) is 53.5 cm³/mol. The first-order valence-corrected chi connectivity index (χ1v) is 5.43. The summed E-state index contributed by atoms with van der Waals surface area (Å²) in [5.74, 6) is -0.446. The van der Waals surface area contributed by atoms with E-state index in [2.05, 4.69) is 14.5 Å². The van der Waals surface area contributed by atoms with Gasteiger partial charge in [0.25, 0.3) is 0 Å². The molecule has 0 aromatic carbocycles. The molecule has 0 aliphatic heterocycles. The van der Waals surface area contributed by atoms with Gasteiger partial charge in [-0.2, -0.15) is 13.2 Å². The van der Waals surface area contributed by atoms with Crippen LogP contribution in [0.3, 0.4) is 0 Å². The number of alkyl halides is 3. The summed E-state index contributed by atoms with van der Waals surface area (Å²) in [6, 6.07) is 0. The topological polar surface area (TPSA) is 48.4 Å². The quantitative estimate of drug-likeness (QED) is 0.766. The Balaban J connectivity index is 2.38. The van der Waals surface area contributed by atoms with E-state index in [1.54, 1.807) is 5.38 Å². The lowest BCUT2D eigenvalue weighted by Crippen LogP contribution is -2.16. The summed E-state index contributed by atoms with van der Waals surface area (Å²) in [5, 5.41) is 1.98. The smallest absolute Gasteiger partial charge is 0.411 e. The number of methoxy groups -OCH3 is 1. The molecule has 0 spiro atoms. The first-order chi connectivity index (χ1) is 7.90. The molecule has 0 saturated carbocycles. The summed E-state index contributed by atoms with van der Waals surface area (Å²) >= 11 is 1.14. The van der Waals surface area contributed by atoms with E-state index >= 15 is 0 Å². The summed E-state index contributed by atoms with van der Waals surface area (Å²) in [5.41, 5.74) is 0.465. The first-order valence-electron chi connectivity index (χ1n) is 4.55. The van der Waals surface area contributed by atoms with Crippen molar-refractivity contribution < 1.29 is 27.4 Å². The zero-order valence-corrected chi connectivity index (χ0v) is 9.73. The fraction of sp³-hybridized carbons (Fsp3) is 0.556. The number of rotatable bonds is 5. The van der Waals surface area contributed by atoms with Crippen LogP contribution in [-0.2, 0) is 27.3 Å². The average molecular weight is 269 g/mol. The monoisotopic (exact) mass is 269 g/mol. The molecule has 96 valence electrons. The third kappa shape index (κ3) is 5.64. The van der Waals surface area contributed by atoms with Gasteiger partial charge in [0.05, 0.1) is 25.8 Å². The number of aromatic nitrogens is 1. The fourth-order valence-corrected chi connectivity index (χ4v) is 1.70. The molecule has 1 aromatic heterocycles. The SMILES string of the molecule is COC(=O)Cc1csc(COCC(F)(F)F)n1. The lowest BCUT2D eigenvalue weighted by atomic mass is 10.3. The van der Waals surface area contributed by atoms with E-state index in [-0.39, 0.29) is 13.0 Å². The van der Waals surface area contributed by atoms with Gasteiger partial charge in [0.2, 0.25) is 0 Å². The average Bonchev–Trinajstić information content (AvgIpc) is 2.63. The van der Waals surface area contributed by atoms with E-state index in [0.29, 0.717) is 10.7 Å². The number of carbonyl (C=O) groups excluding carboxylic acids is 1. The highest BCUT2D eigenvalue weighted by molar-refractivity contribution is 7.09. The molecule has 0 aliphatic carbocycles. The highest BCUT2D eigenvalue weighted by Gasteiger charge is 2.27. The number of esters is 1. The van der Waals surface area contributed by atoms with Crippen LogP contribution < -0.4 is 0 Å². The molecule has 1 aromatic rings. The number of thiazole rings is 1. The maximum atomic E-state index is 11.8. The maximum Gasteiger partial charge on any atom is 0.411 e. The predicted octanol–water partition coefficient (Wildman–Crippen LogP) is 1.94. The zero-order chi connectivity index (χ0) is 12.9. The molecule has 0 saturated heterocycles. The van der Waals surface area contributed by atoms with Crippen LogP contribution in [0.1, 0.15) is 10.7 Å². The number of carbonyl (C=O) groups is 1. The van der Waals surface area contributed by atoms with Crippen molar-refractivity contribution in [3.63, 3.8) is 0 Å². The lowest BCUT2D eigenvalue weighted by Gasteiger charge is -2.05. The van der Waals surface area contributed by atoms with Crippen LogP contribution in [0.4, 0.5) is 13.2 Å². The standard InChI is InChI=1S/C9H10F3NO3S/c1-15-8(14)2-6-4-17-7(13-6)3-16-5-9(10,11)12/h4H,2-3,5H2,1H3. The van der Waals surface area contributed by atoms with Crippen LogP contribution in [0.25, 0.3) is 0 Å². The van der Waals surface area contributed by atoms with E-state index in [4.69, 9.17) is 0 Å². The van der Waals surface area contributed by atoms with Crippen molar-refractivity contribution in [3.8, 4) is 0 Å². The Morgan fingerprint density at radius 1 is 1.53 bits per heavy atom. The van der Waals surface area contributed by atoms with Crippen molar-refractivity contribution in [1.29, 1.82) is 0 Å². The molecule has 0 radical (unpaired) electrons. The minimum absolute atomic E-state index is 0.00622. The van der Waals surface area contributed by atoms with Gasteiger partial charge in [0.15, 0.2) is 0 Å². The number of ether oxygens (including phenoxy) is 2. The van der Waals surface area contributed by atoms with Gasteiger partial charge in [-0.1, -0.05) is 0 Å². The van der Waals surface area contributed by atoms with Crippen molar-refractivity contribution in [2.24, 2.45) is 0 Å². The van der Waals surface area contributed by atoms with Crippen LogP contribution in [0.15, 0.2) is 5.38 Å². The Bertz CT molecular complexity index is 378. The van der Waals surface area contributed by atoms with Crippen molar-refractivity contribution in [3.05, 3.63) is 16.1 Å². The molecule has 4 nitrogen and oxygen atoms in total. The van der Waals surface area contributed by atoms with Crippen LogP contribution in [0.5, 0.6) is 0 Å². The van der Waals surface area contributed by atoms with Crippen LogP contribution >= 0.6 is 11.3 Å². The van der Waals surface area contributed by atoms with Gasteiger partial charge in [-0.3, -0.25) is 4.79 Å². The highest BCUT2D eigenvalue weighted by Crippen LogP contribution is 2.17. The van der Waals surface area contributed by atoms with E-state index in [1.807, 2.05) is 0 Å². The molecular formula is C9H10F3NO3S. The van der Waals surface area contributed by atoms with Gasteiger partial charge in [-0.25, -0.2) is 4.98 Å². The Labute approximate surface area is 99.4 Å². The molecule has 0 aliphatic rings. The Hall–Kier alpha value is -1.15. The molecule has 0 atom stereocenters. The number of hydrogen-bond donors (Lipinski definition) is 0. The van der Waals surface area contributed by atoms with Gasteiger partial charge in [0.1, 0.15) is 11.6 Å². The van der Waals surface area contributed by atoms with Crippen LogP contribution in [0.2, 0.25) is 0 Å². The fourth-order valence-electron chi connectivity index (χ4n) is 0.971. The van der Waals surface area contributed by atoms with E-state index < -0.39 is 18.8 Å². The van der Waals surface area contributed by atoms with Gasteiger partial charge < -0.3 is 9.47 Å². The summed E-state index contributed by atoms with van der Waals surface area (Å²) in [6.07, 6.45) is -4.33.